The van der Waals surface area contributed by atoms with Crippen molar-refractivity contribution in [2.45, 2.75) is 26.4 Å². The first-order chi connectivity index (χ1) is 15.3. The summed E-state index contributed by atoms with van der Waals surface area (Å²) in [5.74, 6) is -0.294. The first-order valence-corrected chi connectivity index (χ1v) is 10.4. The highest BCUT2D eigenvalue weighted by molar-refractivity contribution is 6.32. The number of methoxy groups -OCH3 is 1. The number of para-hydroxylation sites is 1. The van der Waals surface area contributed by atoms with Crippen molar-refractivity contribution < 1.29 is 23.9 Å². The molecule has 1 unspecified atom stereocenters. The number of rotatable bonds is 8. The van der Waals surface area contributed by atoms with Crippen molar-refractivity contribution in [3.05, 3.63) is 58.7 Å². The molecule has 3 rings (SSSR count). The predicted octanol–water partition coefficient (Wildman–Crippen LogP) is 4.06. The van der Waals surface area contributed by atoms with Crippen LogP contribution < -0.4 is 20.1 Å². The number of nitrogens with one attached hydrogen (secondary N) is 2. The summed E-state index contributed by atoms with van der Waals surface area (Å²) in [5.41, 5.74) is 1.13. The Bertz CT molecular complexity index is 1060. The molecule has 4 amide bonds. The third-order valence-corrected chi connectivity index (χ3v) is 5.06. The second-order valence-electron chi connectivity index (χ2n) is 7.16. The fraction of sp³-hybridized carbons (Fsp3) is 0.261. The molecule has 8 nitrogen and oxygen atoms in total. The van der Waals surface area contributed by atoms with Crippen LogP contribution in [0.25, 0.3) is 6.08 Å². The summed E-state index contributed by atoms with van der Waals surface area (Å²) in [6, 6.07) is 11.3. The summed E-state index contributed by atoms with van der Waals surface area (Å²) in [5, 5.41) is 5.44. The van der Waals surface area contributed by atoms with E-state index in [-0.39, 0.29) is 11.8 Å². The quantitative estimate of drug-likeness (QED) is 0.460. The Kier molecular flexibility index (Phi) is 7.37. The fourth-order valence-corrected chi connectivity index (χ4v) is 3.23. The van der Waals surface area contributed by atoms with Gasteiger partial charge in [0, 0.05) is 5.69 Å². The molecule has 0 bridgehead atoms. The number of benzene rings is 2. The minimum absolute atomic E-state index is 0.0243. The van der Waals surface area contributed by atoms with E-state index in [4.69, 9.17) is 21.1 Å². The van der Waals surface area contributed by atoms with Crippen LogP contribution in [0.1, 0.15) is 25.8 Å². The number of halogens is 1. The number of urea groups is 1. The molecule has 9 heteroatoms. The Labute approximate surface area is 191 Å². The molecule has 0 aliphatic carbocycles. The van der Waals surface area contributed by atoms with E-state index in [9.17, 15) is 14.4 Å². The van der Waals surface area contributed by atoms with Crippen LogP contribution in [0, 0.1) is 0 Å². The molecule has 0 saturated carbocycles. The van der Waals surface area contributed by atoms with Gasteiger partial charge in [0.05, 0.1) is 18.2 Å². The van der Waals surface area contributed by atoms with Crippen LogP contribution in [0.2, 0.25) is 5.02 Å². The summed E-state index contributed by atoms with van der Waals surface area (Å²) < 4.78 is 11.2. The third kappa shape index (κ3) is 5.39. The second kappa shape index (κ2) is 10.2. The van der Waals surface area contributed by atoms with Gasteiger partial charge in [-0.2, -0.15) is 0 Å². The number of imide groups is 1. The smallest absolute Gasteiger partial charge is 0.329 e. The lowest BCUT2D eigenvalue weighted by Gasteiger charge is -2.17. The predicted molar refractivity (Wildman–Crippen MR) is 122 cm³/mol. The van der Waals surface area contributed by atoms with Crippen LogP contribution in [-0.4, -0.2) is 42.5 Å². The maximum absolute atomic E-state index is 12.7. The molecular weight excluding hydrogens is 434 g/mol. The fourth-order valence-electron chi connectivity index (χ4n) is 2.97. The minimum Gasteiger partial charge on any atom is -0.493 e. The van der Waals surface area contributed by atoms with Gasteiger partial charge in [0.25, 0.3) is 5.91 Å². The van der Waals surface area contributed by atoms with E-state index in [1.807, 2.05) is 19.9 Å². The summed E-state index contributed by atoms with van der Waals surface area (Å²) in [7, 11) is 1.49. The van der Waals surface area contributed by atoms with Crippen molar-refractivity contribution in [1.82, 2.24) is 10.2 Å². The van der Waals surface area contributed by atoms with E-state index >= 15 is 0 Å². The maximum atomic E-state index is 12.7. The van der Waals surface area contributed by atoms with Crippen LogP contribution in [0.15, 0.2) is 48.2 Å². The number of carbonyl (C=O) groups is 3. The van der Waals surface area contributed by atoms with E-state index < -0.39 is 24.4 Å². The largest absolute Gasteiger partial charge is 0.493 e. The SMILES string of the molecule is CCC(C)Oc1c(Cl)cc(/C=C2\NC(=O)N(CC(=O)Nc3ccccc3)C2=O)cc1OC. The monoisotopic (exact) mass is 457 g/mol. The molecule has 1 fully saturated rings. The maximum Gasteiger partial charge on any atom is 0.329 e. The molecule has 2 aromatic carbocycles. The van der Waals surface area contributed by atoms with E-state index in [1.165, 1.54) is 13.2 Å². The van der Waals surface area contributed by atoms with Crippen molar-refractivity contribution in [3.63, 3.8) is 0 Å². The Morgan fingerprint density at radius 2 is 1.97 bits per heavy atom. The molecule has 1 atom stereocenters. The van der Waals surface area contributed by atoms with Gasteiger partial charge in [-0.25, -0.2) is 9.69 Å². The number of anilines is 1. The average molecular weight is 458 g/mol. The van der Waals surface area contributed by atoms with Crippen LogP contribution in [0.4, 0.5) is 10.5 Å². The Morgan fingerprint density at radius 1 is 1.25 bits per heavy atom. The van der Waals surface area contributed by atoms with Gasteiger partial charge in [-0.05, 0) is 49.2 Å². The highest BCUT2D eigenvalue weighted by Crippen LogP contribution is 2.38. The zero-order valence-corrected chi connectivity index (χ0v) is 18.7. The molecule has 2 N–H and O–H groups in total. The highest BCUT2D eigenvalue weighted by Gasteiger charge is 2.35. The van der Waals surface area contributed by atoms with E-state index in [0.29, 0.717) is 27.8 Å². The van der Waals surface area contributed by atoms with Gasteiger partial charge in [0.2, 0.25) is 5.91 Å². The zero-order valence-electron chi connectivity index (χ0n) is 18.0. The van der Waals surface area contributed by atoms with Crippen LogP contribution in [0.3, 0.4) is 0 Å². The Hall–Kier alpha value is -3.52. The van der Waals surface area contributed by atoms with Gasteiger partial charge < -0.3 is 20.1 Å². The summed E-state index contributed by atoms with van der Waals surface area (Å²) in [6.07, 6.45) is 2.20. The van der Waals surface area contributed by atoms with Crippen molar-refractivity contribution >= 4 is 41.2 Å². The van der Waals surface area contributed by atoms with Crippen molar-refractivity contribution in [2.75, 3.05) is 19.0 Å². The highest BCUT2D eigenvalue weighted by atomic mass is 35.5. The normalized spacial score (nSPS) is 15.5. The van der Waals surface area contributed by atoms with E-state index in [2.05, 4.69) is 10.6 Å². The van der Waals surface area contributed by atoms with Gasteiger partial charge in [0.15, 0.2) is 11.5 Å². The molecule has 0 aromatic heterocycles. The first-order valence-electron chi connectivity index (χ1n) is 10.1. The summed E-state index contributed by atoms with van der Waals surface area (Å²) in [4.78, 5) is 38.1. The number of hydrogen-bond donors (Lipinski definition) is 2. The lowest BCUT2D eigenvalue weighted by molar-refractivity contribution is -0.127. The van der Waals surface area contributed by atoms with Gasteiger partial charge >= 0.3 is 6.03 Å². The standard InChI is InChI=1S/C23H24ClN3O5/c1-4-14(2)32-21-17(24)10-15(12-19(21)31-3)11-18-22(29)27(23(30)26-18)13-20(28)25-16-8-6-5-7-9-16/h5-12,14H,4,13H2,1-3H3,(H,25,28)(H,26,30)/b18-11-. The lowest BCUT2D eigenvalue weighted by atomic mass is 10.1. The van der Waals surface area contributed by atoms with Crippen molar-refractivity contribution in [2.24, 2.45) is 0 Å². The van der Waals surface area contributed by atoms with Crippen LogP contribution >= 0.6 is 11.6 Å². The second-order valence-corrected chi connectivity index (χ2v) is 7.57. The average Bonchev–Trinajstić information content (AvgIpc) is 3.03. The molecule has 0 radical (unpaired) electrons. The number of ether oxygens (including phenoxy) is 2. The Morgan fingerprint density at radius 3 is 2.62 bits per heavy atom. The van der Waals surface area contributed by atoms with Gasteiger partial charge in [0.1, 0.15) is 12.2 Å². The number of amides is 4. The topological polar surface area (TPSA) is 97.0 Å². The number of hydrogen-bond acceptors (Lipinski definition) is 5. The summed E-state index contributed by atoms with van der Waals surface area (Å²) in [6.45, 7) is 3.49. The zero-order chi connectivity index (χ0) is 23.3. The minimum atomic E-state index is -0.681. The molecule has 1 heterocycles. The van der Waals surface area contributed by atoms with E-state index in [1.54, 1.807) is 36.4 Å². The molecule has 1 saturated heterocycles. The van der Waals surface area contributed by atoms with Gasteiger partial charge in [-0.3, -0.25) is 9.59 Å². The lowest BCUT2D eigenvalue weighted by Crippen LogP contribution is -2.38. The summed E-state index contributed by atoms with van der Waals surface area (Å²) >= 11 is 6.37. The molecule has 1 aliphatic rings. The molecule has 168 valence electrons. The molecular formula is C23H24ClN3O5. The molecule has 2 aromatic rings. The van der Waals surface area contributed by atoms with E-state index in [0.717, 1.165) is 11.3 Å². The Balaban J connectivity index is 1.76. The molecule has 0 spiro atoms. The molecule has 1 aliphatic heterocycles. The molecule has 32 heavy (non-hydrogen) atoms. The third-order valence-electron chi connectivity index (χ3n) is 4.78. The first kappa shape index (κ1) is 23.1. The number of carbonyl (C=O) groups excluding carboxylic acids is 3. The van der Waals surface area contributed by atoms with Gasteiger partial charge in [-0.1, -0.05) is 36.7 Å². The van der Waals surface area contributed by atoms with Crippen LogP contribution in [-0.2, 0) is 9.59 Å². The van der Waals surface area contributed by atoms with Crippen LogP contribution in [0.5, 0.6) is 11.5 Å². The van der Waals surface area contributed by atoms with Crippen molar-refractivity contribution in [3.8, 4) is 11.5 Å². The van der Waals surface area contributed by atoms with Gasteiger partial charge in [-0.15, -0.1) is 0 Å². The number of nitrogens with zero attached hydrogens (tertiary/aromatic N) is 1. The van der Waals surface area contributed by atoms with Crippen molar-refractivity contribution in [1.29, 1.82) is 0 Å².